The van der Waals surface area contributed by atoms with Crippen LogP contribution in [0.3, 0.4) is 0 Å². The zero-order valence-corrected chi connectivity index (χ0v) is 10.2. The van der Waals surface area contributed by atoms with Crippen LogP contribution in [-0.2, 0) is 10.2 Å². The first-order valence-electron chi connectivity index (χ1n) is 5.30. The second-order valence-corrected chi connectivity index (χ2v) is 4.85. The maximum absolute atomic E-state index is 10.7. The standard InChI is InChI=1S/C14H15NO2/c1-14(2,3)12-6-4-10(5-7-12)8-11(9-15)13(16)17/h4-8H,1-3H3,(H,16,17). The molecule has 1 N–H and O–H groups in total. The molecule has 1 aromatic rings. The zero-order valence-electron chi connectivity index (χ0n) is 10.2. The Kier molecular flexibility index (Phi) is 3.69. The van der Waals surface area contributed by atoms with E-state index in [0.717, 1.165) is 5.56 Å². The number of hydrogen-bond acceptors (Lipinski definition) is 2. The van der Waals surface area contributed by atoms with Crippen molar-refractivity contribution in [3.05, 3.63) is 41.0 Å². The maximum atomic E-state index is 10.7. The van der Waals surface area contributed by atoms with Crippen molar-refractivity contribution >= 4 is 12.0 Å². The predicted molar refractivity (Wildman–Crippen MR) is 66.4 cm³/mol. The minimum atomic E-state index is -1.20. The van der Waals surface area contributed by atoms with Crippen LogP contribution in [-0.4, -0.2) is 11.1 Å². The summed E-state index contributed by atoms with van der Waals surface area (Å²) in [5.74, 6) is -1.20. The molecular weight excluding hydrogens is 214 g/mol. The highest BCUT2D eigenvalue weighted by Crippen LogP contribution is 2.22. The van der Waals surface area contributed by atoms with Gasteiger partial charge in [-0.2, -0.15) is 5.26 Å². The number of rotatable bonds is 2. The molecule has 1 rings (SSSR count). The summed E-state index contributed by atoms with van der Waals surface area (Å²) >= 11 is 0. The van der Waals surface area contributed by atoms with Gasteiger partial charge in [-0.15, -0.1) is 0 Å². The van der Waals surface area contributed by atoms with E-state index in [1.165, 1.54) is 11.6 Å². The molecule has 1 aromatic carbocycles. The topological polar surface area (TPSA) is 61.1 Å². The van der Waals surface area contributed by atoms with Gasteiger partial charge >= 0.3 is 5.97 Å². The van der Waals surface area contributed by atoms with E-state index in [9.17, 15) is 4.79 Å². The Hall–Kier alpha value is -2.08. The summed E-state index contributed by atoms with van der Waals surface area (Å²) in [6.45, 7) is 6.32. The van der Waals surface area contributed by atoms with Gasteiger partial charge in [-0.3, -0.25) is 0 Å². The SMILES string of the molecule is CC(C)(C)c1ccc(C=C(C#N)C(=O)O)cc1. The Balaban J connectivity index is 3.05. The first-order valence-corrected chi connectivity index (χ1v) is 5.30. The number of aliphatic carboxylic acids is 1. The van der Waals surface area contributed by atoms with Crippen LogP contribution in [0.1, 0.15) is 31.9 Å². The van der Waals surface area contributed by atoms with Crippen LogP contribution >= 0.6 is 0 Å². The van der Waals surface area contributed by atoms with Crippen LogP contribution in [0.5, 0.6) is 0 Å². The molecule has 0 aliphatic heterocycles. The molecule has 0 atom stereocenters. The molecule has 0 amide bonds. The molecule has 0 fully saturated rings. The van der Waals surface area contributed by atoms with Crippen LogP contribution in [0.4, 0.5) is 0 Å². The number of carbonyl (C=O) groups is 1. The van der Waals surface area contributed by atoms with Gasteiger partial charge in [0.05, 0.1) is 0 Å². The fraction of sp³-hybridized carbons (Fsp3) is 0.286. The monoisotopic (exact) mass is 229 g/mol. The van der Waals surface area contributed by atoms with Gasteiger partial charge in [0.25, 0.3) is 0 Å². The Morgan fingerprint density at radius 2 is 1.82 bits per heavy atom. The summed E-state index contributed by atoms with van der Waals surface area (Å²) in [5.41, 5.74) is 1.70. The lowest BCUT2D eigenvalue weighted by molar-refractivity contribution is -0.132. The first-order chi connectivity index (χ1) is 7.84. The minimum absolute atomic E-state index is 0.0626. The fourth-order valence-corrected chi connectivity index (χ4v) is 1.39. The Morgan fingerprint density at radius 3 is 2.18 bits per heavy atom. The van der Waals surface area contributed by atoms with Crippen molar-refractivity contribution in [3.63, 3.8) is 0 Å². The van der Waals surface area contributed by atoms with Crippen molar-refractivity contribution in [2.24, 2.45) is 0 Å². The highest BCUT2D eigenvalue weighted by atomic mass is 16.4. The lowest BCUT2D eigenvalue weighted by Gasteiger charge is -2.18. The molecule has 0 aromatic heterocycles. The summed E-state index contributed by atoms with van der Waals surface area (Å²) < 4.78 is 0. The fourth-order valence-electron chi connectivity index (χ4n) is 1.39. The van der Waals surface area contributed by atoms with Crippen LogP contribution in [0, 0.1) is 11.3 Å². The summed E-state index contributed by atoms with van der Waals surface area (Å²) in [6, 6.07) is 9.19. The normalized spacial score (nSPS) is 12.0. The number of hydrogen-bond donors (Lipinski definition) is 1. The van der Waals surface area contributed by atoms with Crippen LogP contribution in [0.2, 0.25) is 0 Å². The number of nitriles is 1. The van der Waals surface area contributed by atoms with Gasteiger partial charge in [-0.25, -0.2) is 4.79 Å². The molecular formula is C14H15NO2. The van der Waals surface area contributed by atoms with E-state index in [0.29, 0.717) is 0 Å². The molecule has 0 saturated carbocycles. The molecule has 88 valence electrons. The van der Waals surface area contributed by atoms with Crippen LogP contribution < -0.4 is 0 Å². The Labute approximate surface area is 101 Å². The molecule has 0 unspecified atom stereocenters. The molecule has 0 radical (unpaired) electrons. The highest BCUT2D eigenvalue weighted by Gasteiger charge is 2.13. The molecule has 0 spiro atoms. The van der Waals surface area contributed by atoms with Gasteiger partial charge in [0.1, 0.15) is 11.6 Å². The van der Waals surface area contributed by atoms with Gasteiger partial charge in [0.15, 0.2) is 0 Å². The minimum Gasteiger partial charge on any atom is -0.477 e. The molecule has 0 aliphatic rings. The number of nitrogens with zero attached hydrogens (tertiary/aromatic N) is 1. The van der Waals surface area contributed by atoms with Crippen LogP contribution in [0.25, 0.3) is 6.08 Å². The van der Waals surface area contributed by atoms with Crippen molar-refractivity contribution in [2.45, 2.75) is 26.2 Å². The lowest BCUT2D eigenvalue weighted by Crippen LogP contribution is -2.10. The van der Waals surface area contributed by atoms with E-state index < -0.39 is 5.97 Å². The molecule has 0 aliphatic carbocycles. The van der Waals surface area contributed by atoms with E-state index in [2.05, 4.69) is 20.8 Å². The largest absolute Gasteiger partial charge is 0.477 e. The summed E-state index contributed by atoms with van der Waals surface area (Å²) in [5, 5.41) is 17.4. The molecule has 3 heteroatoms. The summed E-state index contributed by atoms with van der Waals surface area (Å²) in [7, 11) is 0. The maximum Gasteiger partial charge on any atom is 0.346 e. The van der Waals surface area contributed by atoms with Gasteiger partial charge < -0.3 is 5.11 Å². The third kappa shape index (κ3) is 3.46. The lowest BCUT2D eigenvalue weighted by atomic mass is 9.86. The number of carboxylic acid groups (broad SMARTS) is 1. The van der Waals surface area contributed by atoms with E-state index in [1.807, 2.05) is 24.3 Å². The molecule has 0 saturated heterocycles. The van der Waals surface area contributed by atoms with Crippen molar-refractivity contribution in [1.29, 1.82) is 5.26 Å². The average molecular weight is 229 g/mol. The molecule has 0 heterocycles. The summed E-state index contributed by atoms with van der Waals surface area (Å²) in [4.78, 5) is 10.7. The van der Waals surface area contributed by atoms with E-state index in [4.69, 9.17) is 10.4 Å². The van der Waals surface area contributed by atoms with Gasteiger partial charge in [0, 0.05) is 0 Å². The summed E-state index contributed by atoms with van der Waals surface area (Å²) in [6.07, 6.45) is 1.37. The third-order valence-electron chi connectivity index (χ3n) is 2.44. The quantitative estimate of drug-likeness (QED) is 0.626. The predicted octanol–water partition coefficient (Wildman–Crippen LogP) is 2.98. The highest BCUT2D eigenvalue weighted by molar-refractivity contribution is 5.96. The van der Waals surface area contributed by atoms with E-state index in [1.54, 1.807) is 6.07 Å². The van der Waals surface area contributed by atoms with Gasteiger partial charge in [0.2, 0.25) is 0 Å². The van der Waals surface area contributed by atoms with Crippen molar-refractivity contribution < 1.29 is 9.90 Å². The first kappa shape index (κ1) is 13.0. The van der Waals surface area contributed by atoms with Crippen LogP contribution in [0.15, 0.2) is 29.8 Å². The molecule has 3 nitrogen and oxygen atoms in total. The second kappa shape index (κ2) is 4.84. The molecule has 0 bridgehead atoms. The van der Waals surface area contributed by atoms with E-state index in [-0.39, 0.29) is 11.0 Å². The third-order valence-corrected chi connectivity index (χ3v) is 2.44. The van der Waals surface area contributed by atoms with Gasteiger partial charge in [-0.1, -0.05) is 45.0 Å². The average Bonchev–Trinajstić information content (AvgIpc) is 2.25. The van der Waals surface area contributed by atoms with E-state index >= 15 is 0 Å². The van der Waals surface area contributed by atoms with Crippen molar-refractivity contribution in [2.75, 3.05) is 0 Å². The Morgan fingerprint density at radius 1 is 1.29 bits per heavy atom. The zero-order chi connectivity index (χ0) is 13.1. The number of benzene rings is 1. The second-order valence-electron chi connectivity index (χ2n) is 4.85. The number of carboxylic acids is 1. The molecule has 17 heavy (non-hydrogen) atoms. The van der Waals surface area contributed by atoms with Gasteiger partial charge in [-0.05, 0) is 22.6 Å². The van der Waals surface area contributed by atoms with Crippen molar-refractivity contribution in [1.82, 2.24) is 0 Å². The smallest absolute Gasteiger partial charge is 0.346 e. The Bertz CT molecular complexity index is 484. The van der Waals surface area contributed by atoms with Crippen molar-refractivity contribution in [3.8, 4) is 6.07 Å².